The molecule has 0 aliphatic rings. The third-order valence-corrected chi connectivity index (χ3v) is 3.30. The molecule has 0 radical (unpaired) electrons. The number of nitrogens with zero attached hydrogens (tertiary/aromatic N) is 2. The fraction of sp³-hybridized carbons (Fsp3) is 0. The maximum Gasteiger partial charge on any atom is 0.180 e. The molecule has 4 nitrogen and oxygen atoms in total. The van der Waals surface area contributed by atoms with Gasteiger partial charge in [0.05, 0.1) is 15.6 Å². The molecule has 0 spiro atoms. The molecule has 3 rings (SSSR count). The summed E-state index contributed by atoms with van der Waals surface area (Å²) in [6.07, 6.45) is 0. The first-order valence-corrected chi connectivity index (χ1v) is 5.97. The van der Waals surface area contributed by atoms with Gasteiger partial charge in [0.2, 0.25) is 0 Å². The van der Waals surface area contributed by atoms with Gasteiger partial charge in [-0.1, -0.05) is 23.2 Å². The molecule has 0 fully saturated rings. The van der Waals surface area contributed by atoms with Gasteiger partial charge in [-0.2, -0.15) is 0 Å². The van der Waals surface area contributed by atoms with Gasteiger partial charge in [-0.3, -0.25) is 0 Å². The SMILES string of the molecule is Nc1ccc2[nH]c(-c3ccc(Cl)c(Cl)c3)nc2n1. The third kappa shape index (κ3) is 1.89. The molecule has 0 atom stereocenters. The monoisotopic (exact) mass is 278 g/mol. The number of anilines is 1. The quantitative estimate of drug-likeness (QED) is 0.716. The number of aromatic nitrogens is 3. The molecule has 1 aromatic carbocycles. The lowest BCUT2D eigenvalue weighted by Gasteiger charge is -1.98. The minimum Gasteiger partial charge on any atom is -0.384 e. The van der Waals surface area contributed by atoms with Gasteiger partial charge in [0, 0.05) is 5.56 Å². The molecule has 0 saturated carbocycles. The van der Waals surface area contributed by atoms with Crippen molar-refractivity contribution < 1.29 is 0 Å². The number of rotatable bonds is 1. The van der Waals surface area contributed by atoms with Crippen LogP contribution in [0.3, 0.4) is 0 Å². The van der Waals surface area contributed by atoms with Crippen LogP contribution in [0.5, 0.6) is 0 Å². The van der Waals surface area contributed by atoms with E-state index in [-0.39, 0.29) is 0 Å². The molecule has 18 heavy (non-hydrogen) atoms. The minimum atomic E-state index is 0.440. The zero-order chi connectivity index (χ0) is 12.7. The third-order valence-electron chi connectivity index (χ3n) is 2.56. The lowest BCUT2D eigenvalue weighted by Crippen LogP contribution is -1.88. The van der Waals surface area contributed by atoms with Crippen LogP contribution in [-0.2, 0) is 0 Å². The Kier molecular flexibility index (Phi) is 2.61. The summed E-state index contributed by atoms with van der Waals surface area (Å²) < 4.78 is 0. The number of hydrogen-bond donors (Lipinski definition) is 2. The molecule has 0 aliphatic carbocycles. The second-order valence-electron chi connectivity index (χ2n) is 3.82. The number of imidazole rings is 1. The smallest absolute Gasteiger partial charge is 0.180 e. The summed E-state index contributed by atoms with van der Waals surface area (Å²) in [5, 5.41) is 1.00. The molecule has 0 aliphatic heterocycles. The fourth-order valence-electron chi connectivity index (χ4n) is 1.69. The topological polar surface area (TPSA) is 67.6 Å². The van der Waals surface area contributed by atoms with Gasteiger partial charge in [0.15, 0.2) is 5.65 Å². The summed E-state index contributed by atoms with van der Waals surface area (Å²) in [5.41, 5.74) is 7.86. The Hall–Kier alpha value is -1.78. The molecule has 3 aromatic rings. The summed E-state index contributed by atoms with van der Waals surface area (Å²) in [6.45, 7) is 0. The van der Waals surface area contributed by atoms with Crippen molar-refractivity contribution in [2.24, 2.45) is 0 Å². The van der Waals surface area contributed by atoms with Crippen molar-refractivity contribution in [3.8, 4) is 11.4 Å². The number of hydrogen-bond acceptors (Lipinski definition) is 3. The van der Waals surface area contributed by atoms with Crippen molar-refractivity contribution in [2.45, 2.75) is 0 Å². The largest absolute Gasteiger partial charge is 0.384 e. The Morgan fingerprint density at radius 3 is 2.61 bits per heavy atom. The molecule has 0 bridgehead atoms. The number of pyridine rings is 1. The first-order valence-electron chi connectivity index (χ1n) is 5.21. The van der Waals surface area contributed by atoms with Crippen LogP contribution in [0.15, 0.2) is 30.3 Å². The van der Waals surface area contributed by atoms with Crippen LogP contribution in [-0.4, -0.2) is 15.0 Å². The van der Waals surface area contributed by atoms with Gasteiger partial charge >= 0.3 is 0 Å². The van der Waals surface area contributed by atoms with Crippen LogP contribution >= 0.6 is 23.2 Å². The Morgan fingerprint density at radius 1 is 1.00 bits per heavy atom. The highest BCUT2D eigenvalue weighted by atomic mass is 35.5. The maximum absolute atomic E-state index is 5.98. The summed E-state index contributed by atoms with van der Waals surface area (Å²) in [5.74, 6) is 1.12. The van der Waals surface area contributed by atoms with Crippen LogP contribution in [0.4, 0.5) is 5.82 Å². The Balaban J connectivity index is 2.16. The summed E-state index contributed by atoms with van der Waals surface area (Å²) in [6, 6.07) is 8.89. The number of benzene rings is 1. The molecule has 0 unspecified atom stereocenters. The highest BCUT2D eigenvalue weighted by molar-refractivity contribution is 6.42. The number of H-pyrrole nitrogens is 1. The predicted molar refractivity (Wildman–Crippen MR) is 73.8 cm³/mol. The Morgan fingerprint density at radius 2 is 1.83 bits per heavy atom. The first kappa shape index (κ1) is 11.3. The number of nitrogen functional groups attached to an aromatic ring is 1. The van der Waals surface area contributed by atoms with Crippen LogP contribution < -0.4 is 5.73 Å². The standard InChI is InChI=1S/C12H8Cl2N4/c13-7-2-1-6(5-8(7)14)11-16-9-3-4-10(15)17-12(9)18-11/h1-5H,(H3,15,16,17,18). The highest BCUT2D eigenvalue weighted by Crippen LogP contribution is 2.28. The Bertz CT molecular complexity index is 736. The van der Waals surface area contributed by atoms with Gasteiger partial charge in [0.1, 0.15) is 11.6 Å². The van der Waals surface area contributed by atoms with Gasteiger partial charge in [-0.25, -0.2) is 9.97 Å². The second-order valence-corrected chi connectivity index (χ2v) is 4.64. The molecule has 0 saturated heterocycles. The van der Waals surface area contributed by atoms with E-state index in [1.54, 1.807) is 18.2 Å². The number of nitrogens with one attached hydrogen (secondary N) is 1. The number of nitrogens with two attached hydrogens (primary N) is 1. The average molecular weight is 279 g/mol. The predicted octanol–water partition coefficient (Wildman–Crippen LogP) is 3.51. The second kappa shape index (κ2) is 4.15. The molecular formula is C12H8Cl2N4. The van der Waals surface area contributed by atoms with Crippen molar-refractivity contribution in [3.05, 3.63) is 40.4 Å². The first-order chi connectivity index (χ1) is 8.63. The van der Waals surface area contributed by atoms with E-state index in [4.69, 9.17) is 28.9 Å². The van der Waals surface area contributed by atoms with E-state index >= 15 is 0 Å². The van der Waals surface area contributed by atoms with Crippen molar-refractivity contribution in [2.75, 3.05) is 5.73 Å². The fourth-order valence-corrected chi connectivity index (χ4v) is 1.99. The molecule has 90 valence electrons. The van der Waals surface area contributed by atoms with Crippen LogP contribution in [0, 0.1) is 0 Å². The normalized spacial score (nSPS) is 11.0. The van der Waals surface area contributed by atoms with Crippen molar-refractivity contribution in [1.29, 1.82) is 0 Å². The van der Waals surface area contributed by atoms with Crippen molar-refractivity contribution in [1.82, 2.24) is 15.0 Å². The number of aromatic amines is 1. The zero-order valence-corrected chi connectivity index (χ0v) is 10.6. The molecule has 0 amide bonds. The minimum absolute atomic E-state index is 0.440. The lowest BCUT2D eigenvalue weighted by molar-refractivity contribution is 1.30. The van der Waals surface area contributed by atoms with Crippen molar-refractivity contribution >= 4 is 40.2 Å². The van der Waals surface area contributed by atoms with Crippen molar-refractivity contribution in [3.63, 3.8) is 0 Å². The number of fused-ring (bicyclic) bond motifs is 1. The Labute approximate surface area is 113 Å². The van der Waals surface area contributed by atoms with E-state index in [1.165, 1.54) is 0 Å². The van der Waals surface area contributed by atoms with E-state index in [0.29, 0.717) is 27.3 Å². The van der Waals surface area contributed by atoms with E-state index < -0.39 is 0 Å². The molecule has 2 aromatic heterocycles. The summed E-state index contributed by atoms with van der Waals surface area (Å²) in [4.78, 5) is 11.7. The van der Waals surface area contributed by atoms with Crippen LogP contribution in [0.25, 0.3) is 22.6 Å². The molecule has 3 N–H and O–H groups in total. The molecular weight excluding hydrogens is 271 g/mol. The molecule has 2 heterocycles. The van der Waals surface area contributed by atoms with Gasteiger partial charge in [-0.15, -0.1) is 0 Å². The van der Waals surface area contributed by atoms with Crippen LogP contribution in [0.1, 0.15) is 0 Å². The van der Waals surface area contributed by atoms with E-state index in [9.17, 15) is 0 Å². The van der Waals surface area contributed by atoms with Gasteiger partial charge in [0.25, 0.3) is 0 Å². The highest BCUT2D eigenvalue weighted by Gasteiger charge is 2.08. The molecule has 6 heteroatoms. The van der Waals surface area contributed by atoms with E-state index in [2.05, 4.69) is 15.0 Å². The average Bonchev–Trinajstić information content (AvgIpc) is 2.75. The van der Waals surface area contributed by atoms with Crippen LogP contribution in [0.2, 0.25) is 10.0 Å². The number of halogens is 2. The summed E-state index contributed by atoms with van der Waals surface area (Å²) >= 11 is 11.9. The van der Waals surface area contributed by atoms with Gasteiger partial charge in [-0.05, 0) is 30.3 Å². The zero-order valence-electron chi connectivity index (χ0n) is 9.11. The maximum atomic E-state index is 5.98. The summed E-state index contributed by atoms with van der Waals surface area (Å²) in [7, 11) is 0. The van der Waals surface area contributed by atoms with Gasteiger partial charge < -0.3 is 10.7 Å². The van der Waals surface area contributed by atoms with E-state index in [0.717, 1.165) is 11.1 Å². The lowest BCUT2D eigenvalue weighted by atomic mass is 10.2. The van der Waals surface area contributed by atoms with E-state index in [1.807, 2.05) is 12.1 Å².